The third-order valence-electron chi connectivity index (χ3n) is 1.85. The summed E-state index contributed by atoms with van der Waals surface area (Å²) in [5.41, 5.74) is 0.0511. The van der Waals surface area contributed by atoms with Crippen LogP contribution < -0.4 is 0 Å². The molecule has 5 nitrogen and oxygen atoms in total. The van der Waals surface area contributed by atoms with Gasteiger partial charge in [0.2, 0.25) is 0 Å². The minimum atomic E-state index is -0.760. The van der Waals surface area contributed by atoms with Gasteiger partial charge in [-0.05, 0) is 5.92 Å². The summed E-state index contributed by atoms with van der Waals surface area (Å²) in [6, 6.07) is 1.74. The first kappa shape index (κ1) is 14.2. The summed E-state index contributed by atoms with van der Waals surface area (Å²) < 4.78 is 9.52. The monoisotopic (exact) mass is 225 g/mol. The fraction of sp³-hybridized carbons (Fsp3) is 0.545. The minimum absolute atomic E-state index is 0.0511. The summed E-state index contributed by atoms with van der Waals surface area (Å²) in [7, 11) is 1.21. The van der Waals surface area contributed by atoms with Crippen LogP contribution in [-0.2, 0) is 19.1 Å². The van der Waals surface area contributed by atoms with Crippen molar-refractivity contribution in [2.45, 2.75) is 26.9 Å². The van der Waals surface area contributed by atoms with E-state index in [2.05, 4.69) is 4.74 Å². The van der Waals surface area contributed by atoms with Crippen LogP contribution in [0.3, 0.4) is 0 Å². The first-order chi connectivity index (χ1) is 7.43. The van der Waals surface area contributed by atoms with Gasteiger partial charge in [0.15, 0.2) is 0 Å². The Labute approximate surface area is 94.6 Å². The van der Waals surface area contributed by atoms with Crippen molar-refractivity contribution in [3.63, 3.8) is 0 Å². The molecule has 1 atom stereocenters. The van der Waals surface area contributed by atoms with Crippen molar-refractivity contribution in [1.29, 1.82) is 5.26 Å². The van der Waals surface area contributed by atoms with Gasteiger partial charge in [-0.1, -0.05) is 13.8 Å². The molecule has 0 aliphatic carbocycles. The SMILES string of the molecule is COC(=O)/C(=C/C#N)C(OC(C)=O)C(C)C. The number of allylic oxidation sites excluding steroid dienone is 1. The predicted octanol–water partition coefficient (Wildman–Crippen LogP) is 1.20. The molecule has 0 bridgehead atoms. The molecule has 88 valence electrons. The second kappa shape index (κ2) is 6.62. The predicted molar refractivity (Wildman–Crippen MR) is 56.1 cm³/mol. The van der Waals surface area contributed by atoms with Crippen LogP contribution in [-0.4, -0.2) is 25.2 Å². The van der Waals surface area contributed by atoms with Crippen LogP contribution in [0.25, 0.3) is 0 Å². The molecule has 16 heavy (non-hydrogen) atoms. The molecule has 0 aromatic carbocycles. The molecule has 0 N–H and O–H groups in total. The second-order valence-electron chi connectivity index (χ2n) is 3.49. The fourth-order valence-corrected chi connectivity index (χ4v) is 1.18. The molecule has 0 rings (SSSR count). The van der Waals surface area contributed by atoms with E-state index in [0.29, 0.717) is 0 Å². The van der Waals surface area contributed by atoms with Crippen molar-refractivity contribution < 1.29 is 19.1 Å². The number of carbonyl (C=O) groups is 2. The van der Waals surface area contributed by atoms with Gasteiger partial charge in [-0.15, -0.1) is 0 Å². The molecular weight excluding hydrogens is 210 g/mol. The average molecular weight is 225 g/mol. The lowest BCUT2D eigenvalue weighted by molar-refractivity contribution is -0.148. The lowest BCUT2D eigenvalue weighted by Gasteiger charge is -2.21. The third-order valence-corrected chi connectivity index (χ3v) is 1.85. The molecule has 0 saturated heterocycles. The van der Waals surface area contributed by atoms with E-state index in [1.807, 2.05) is 0 Å². The fourth-order valence-electron chi connectivity index (χ4n) is 1.18. The van der Waals surface area contributed by atoms with Crippen LogP contribution >= 0.6 is 0 Å². The zero-order valence-corrected chi connectivity index (χ0v) is 9.81. The summed E-state index contributed by atoms with van der Waals surface area (Å²) in [4.78, 5) is 22.3. The summed E-state index contributed by atoms with van der Waals surface area (Å²) in [6.07, 6.45) is 0.281. The van der Waals surface area contributed by atoms with Crippen LogP contribution in [0.15, 0.2) is 11.6 Å². The largest absolute Gasteiger partial charge is 0.466 e. The smallest absolute Gasteiger partial charge is 0.338 e. The standard InChI is InChI=1S/C11H15NO4/c1-7(2)10(16-8(3)13)9(5-6-12)11(14)15-4/h5,7,10H,1-4H3/b9-5+. The minimum Gasteiger partial charge on any atom is -0.466 e. The molecule has 0 aromatic rings. The van der Waals surface area contributed by atoms with Crippen LogP contribution in [0, 0.1) is 17.2 Å². The molecular formula is C11H15NO4. The van der Waals surface area contributed by atoms with Crippen LogP contribution in [0.2, 0.25) is 0 Å². The topological polar surface area (TPSA) is 76.4 Å². The maximum absolute atomic E-state index is 11.4. The van der Waals surface area contributed by atoms with E-state index in [-0.39, 0.29) is 11.5 Å². The van der Waals surface area contributed by atoms with Crippen molar-refractivity contribution >= 4 is 11.9 Å². The van der Waals surface area contributed by atoms with Gasteiger partial charge >= 0.3 is 11.9 Å². The van der Waals surface area contributed by atoms with Gasteiger partial charge in [0.1, 0.15) is 6.10 Å². The number of methoxy groups -OCH3 is 1. The van der Waals surface area contributed by atoms with E-state index in [1.165, 1.54) is 14.0 Å². The Kier molecular flexibility index (Phi) is 5.86. The molecule has 0 saturated carbocycles. The van der Waals surface area contributed by atoms with E-state index in [4.69, 9.17) is 10.00 Å². The highest BCUT2D eigenvalue weighted by atomic mass is 16.6. The number of ether oxygens (including phenoxy) is 2. The van der Waals surface area contributed by atoms with Crippen molar-refractivity contribution in [1.82, 2.24) is 0 Å². The van der Waals surface area contributed by atoms with E-state index < -0.39 is 18.0 Å². The summed E-state index contributed by atoms with van der Waals surface area (Å²) >= 11 is 0. The second-order valence-corrected chi connectivity index (χ2v) is 3.49. The van der Waals surface area contributed by atoms with Gasteiger partial charge in [-0.3, -0.25) is 4.79 Å². The molecule has 0 fully saturated rings. The molecule has 0 radical (unpaired) electrons. The molecule has 1 unspecified atom stereocenters. The highest BCUT2D eigenvalue weighted by Gasteiger charge is 2.27. The third kappa shape index (κ3) is 4.13. The Balaban J connectivity index is 5.13. The Bertz CT molecular complexity index is 338. The highest BCUT2D eigenvalue weighted by molar-refractivity contribution is 5.90. The first-order valence-electron chi connectivity index (χ1n) is 4.79. The Morgan fingerprint density at radius 1 is 1.38 bits per heavy atom. The van der Waals surface area contributed by atoms with Gasteiger partial charge in [-0.2, -0.15) is 5.26 Å². The Hall–Kier alpha value is -1.83. The molecule has 0 aliphatic rings. The van der Waals surface area contributed by atoms with Crippen molar-refractivity contribution in [3.05, 3.63) is 11.6 Å². The number of nitriles is 1. The zero-order valence-electron chi connectivity index (χ0n) is 9.81. The lowest BCUT2D eigenvalue weighted by atomic mass is 9.98. The van der Waals surface area contributed by atoms with Crippen LogP contribution in [0.5, 0.6) is 0 Å². The lowest BCUT2D eigenvalue weighted by Crippen LogP contribution is -2.29. The van der Waals surface area contributed by atoms with Crippen LogP contribution in [0.4, 0.5) is 0 Å². The Morgan fingerprint density at radius 2 is 1.94 bits per heavy atom. The number of rotatable bonds is 4. The van der Waals surface area contributed by atoms with Crippen LogP contribution in [0.1, 0.15) is 20.8 Å². The maximum Gasteiger partial charge on any atom is 0.338 e. The average Bonchev–Trinajstić information content (AvgIpc) is 2.21. The first-order valence-corrected chi connectivity index (χ1v) is 4.79. The molecule has 0 aromatic heterocycles. The van der Waals surface area contributed by atoms with Gasteiger partial charge in [0.25, 0.3) is 0 Å². The quantitative estimate of drug-likeness (QED) is 0.408. The maximum atomic E-state index is 11.4. The molecule has 0 heterocycles. The summed E-state index contributed by atoms with van der Waals surface area (Å²) in [5.74, 6) is -1.30. The number of hydrogen-bond donors (Lipinski definition) is 0. The number of carbonyl (C=O) groups excluding carboxylic acids is 2. The molecule has 0 aliphatic heterocycles. The van der Waals surface area contributed by atoms with Gasteiger partial charge in [0, 0.05) is 13.0 Å². The van der Waals surface area contributed by atoms with E-state index in [1.54, 1.807) is 19.9 Å². The molecule has 0 spiro atoms. The number of nitrogens with zero attached hydrogens (tertiary/aromatic N) is 1. The van der Waals surface area contributed by atoms with E-state index >= 15 is 0 Å². The number of hydrogen-bond acceptors (Lipinski definition) is 5. The van der Waals surface area contributed by atoms with Crippen molar-refractivity contribution in [3.8, 4) is 6.07 Å². The zero-order chi connectivity index (χ0) is 12.7. The van der Waals surface area contributed by atoms with E-state index in [0.717, 1.165) is 6.08 Å². The van der Waals surface area contributed by atoms with Crippen molar-refractivity contribution in [2.24, 2.45) is 5.92 Å². The summed E-state index contributed by atoms with van der Waals surface area (Å²) in [6.45, 7) is 4.81. The highest BCUT2D eigenvalue weighted by Crippen LogP contribution is 2.17. The molecule has 5 heteroatoms. The van der Waals surface area contributed by atoms with Gasteiger partial charge in [0.05, 0.1) is 18.8 Å². The summed E-state index contributed by atoms with van der Waals surface area (Å²) in [5, 5.41) is 8.57. The van der Waals surface area contributed by atoms with E-state index in [9.17, 15) is 9.59 Å². The van der Waals surface area contributed by atoms with Gasteiger partial charge < -0.3 is 9.47 Å². The normalized spacial score (nSPS) is 12.9. The molecule has 0 amide bonds. The Morgan fingerprint density at radius 3 is 2.25 bits per heavy atom. The van der Waals surface area contributed by atoms with Gasteiger partial charge in [-0.25, -0.2) is 4.79 Å². The van der Waals surface area contributed by atoms with Crippen molar-refractivity contribution in [2.75, 3.05) is 7.11 Å². The number of esters is 2.